The van der Waals surface area contributed by atoms with Gasteiger partial charge >= 0.3 is 0 Å². The molecule has 0 spiro atoms. The number of benzene rings is 2. The average molecular weight is 453 g/mol. The molecular formula is C25H27NO7. The number of phenols is 1. The van der Waals surface area contributed by atoms with Crippen LogP contribution < -0.4 is 14.2 Å². The molecule has 1 aliphatic heterocycles. The topological polar surface area (TPSA) is 90.6 Å². The molecular weight excluding hydrogens is 426 g/mol. The number of aromatic hydroxyl groups is 1. The molecule has 0 atom stereocenters. The Morgan fingerprint density at radius 2 is 1.91 bits per heavy atom. The van der Waals surface area contributed by atoms with Crippen molar-refractivity contribution in [3.8, 4) is 23.0 Å². The van der Waals surface area contributed by atoms with Gasteiger partial charge in [0.1, 0.15) is 23.7 Å². The second kappa shape index (κ2) is 10.4. The lowest BCUT2D eigenvalue weighted by atomic mass is 10.0. The molecule has 1 saturated heterocycles. The molecule has 0 amide bonds. The molecule has 1 fully saturated rings. The van der Waals surface area contributed by atoms with Crippen molar-refractivity contribution in [3.63, 3.8) is 0 Å². The Morgan fingerprint density at radius 3 is 2.64 bits per heavy atom. The number of ketones is 1. The van der Waals surface area contributed by atoms with Crippen molar-refractivity contribution in [1.29, 1.82) is 0 Å². The second-order valence-electron chi connectivity index (χ2n) is 7.53. The van der Waals surface area contributed by atoms with Gasteiger partial charge in [-0.25, -0.2) is 0 Å². The Morgan fingerprint density at radius 1 is 1.12 bits per heavy atom. The third kappa shape index (κ3) is 4.97. The molecule has 1 aliphatic rings. The average Bonchev–Trinajstić information content (AvgIpc) is 3.32. The van der Waals surface area contributed by atoms with Crippen molar-refractivity contribution in [2.24, 2.45) is 0 Å². The SMILES string of the molecule is COc1c(C(=O)/C=C/c2cccc(O)c2)c(OCCN2CCOCC2)c(OC)c2occc12. The normalized spacial score (nSPS) is 14.6. The Labute approximate surface area is 191 Å². The molecule has 8 heteroatoms. The summed E-state index contributed by atoms with van der Waals surface area (Å²) in [5.41, 5.74) is 1.39. The minimum atomic E-state index is -0.321. The van der Waals surface area contributed by atoms with E-state index >= 15 is 0 Å². The Balaban J connectivity index is 1.70. The van der Waals surface area contributed by atoms with Crippen LogP contribution in [0.2, 0.25) is 0 Å². The van der Waals surface area contributed by atoms with Crippen LogP contribution in [0.1, 0.15) is 15.9 Å². The van der Waals surface area contributed by atoms with Gasteiger partial charge in [-0.3, -0.25) is 9.69 Å². The second-order valence-corrected chi connectivity index (χ2v) is 7.53. The Bertz CT molecular complexity index is 1150. The summed E-state index contributed by atoms with van der Waals surface area (Å²) in [5, 5.41) is 10.3. The maximum Gasteiger partial charge on any atom is 0.205 e. The van der Waals surface area contributed by atoms with Crippen LogP contribution in [-0.4, -0.2) is 69.5 Å². The van der Waals surface area contributed by atoms with E-state index in [1.807, 2.05) is 0 Å². The van der Waals surface area contributed by atoms with Gasteiger partial charge in [0.05, 0.1) is 39.1 Å². The molecule has 2 aromatic carbocycles. The largest absolute Gasteiger partial charge is 0.508 e. The quantitative estimate of drug-likeness (QED) is 0.387. The van der Waals surface area contributed by atoms with E-state index in [4.69, 9.17) is 23.4 Å². The van der Waals surface area contributed by atoms with Crippen molar-refractivity contribution in [3.05, 3.63) is 53.8 Å². The summed E-state index contributed by atoms with van der Waals surface area (Å²) in [7, 11) is 3.01. The molecule has 3 aromatic rings. The molecule has 1 N–H and O–H groups in total. The van der Waals surface area contributed by atoms with E-state index in [2.05, 4.69) is 4.90 Å². The fourth-order valence-corrected chi connectivity index (χ4v) is 3.86. The predicted octanol–water partition coefficient (Wildman–Crippen LogP) is 3.76. The molecule has 0 bridgehead atoms. The highest BCUT2D eigenvalue weighted by Gasteiger charge is 2.28. The number of morpholine rings is 1. The molecule has 2 heterocycles. The number of carbonyl (C=O) groups is 1. The van der Waals surface area contributed by atoms with Gasteiger partial charge in [-0.1, -0.05) is 18.2 Å². The number of rotatable bonds is 9. The fourth-order valence-electron chi connectivity index (χ4n) is 3.86. The zero-order valence-electron chi connectivity index (χ0n) is 18.7. The third-order valence-electron chi connectivity index (χ3n) is 5.49. The minimum Gasteiger partial charge on any atom is -0.508 e. The molecule has 8 nitrogen and oxygen atoms in total. The molecule has 0 saturated carbocycles. The zero-order valence-corrected chi connectivity index (χ0v) is 18.7. The standard InChI is InChI=1S/C25H27NO7/c1-29-22-19-8-12-32-23(19)25(30-2)24(33-15-11-26-9-13-31-14-10-26)21(22)20(28)7-6-17-4-3-5-18(27)16-17/h3-8,12,16,27H,9-11,13-15H2,1-2H3/b7-6+. The van der Waals surface area contributed by atoms with Crippen molar-refractivity contribution in [1.82, 2.24) is 4.90 Å². The van der Waals surface area contributed by atoms with Crippen LogP contribution in [0.3, 0.4) is 0 Å². The number of fused-ring (bicyclic) bond motifs is 1. The van der Waals surface area contributed by atoms with Gasteiger partial charge in [0.25, 0.3) is 0 Å². The molecule has 174 valence electrons. The first-order chi connectivity index (χ1) is 16.1. The van der Waals surface area contributed by atoms with Crippen LogP contribution in [-0.2, 0) is 4.74 Å². The first-order valence-corrected chi connectivity index (χ1v) is 10.7. The molecule has 33 heavy (non-hydrogen) atoms. The van der Waals surface area contributed by atoms with E-state index < -0.39 is 0 Å². The number of methoxy groups -OCH3 is 2. The molecule has 0 aliphatic carbocycles. The van der Waals surface area contributed by atoms with Crippen LogP contribution in [0.15, 0.2) is 47.1 Å². The van der Waals surface area contributed by atoms with Crippen LogP contribution in [0, 0.1) is 0 Å². The summed E-state index contributed by atoms with van der Waals surface area (Å²) in [4.78, 5) is 15.6. The maximum atomic E-state index is 13.4. The van der Waals surface area contributed by atoms with Crippen molar-refractivity contribution in [2.75, 3.05) is 53.7 Å². The van der Waals surface area contributed by atoms with Crippen LogP contribution >= 0.6 is 0 Å². The highest BCUT2D eigenvalue weighted by molar-refractivity contribution is 6.15. The highest BCUT2D eigenvalue weighted by Crippen LogP contribution is 2.46. The molecule has 1 aromatic heterocycles. The number of carbonyl (C=O) groups excluding carboxylic acids is 1. The minimum absolute atomic E-state index is 0.121. The van der Waals surface area contributed by atoms with Gasteiger partial charge in [0, 0.05) is 19.6 Å². The number of nitrogens with zero attached hydrogens (tertiary/aromatic N) is 1. The van der Waals surface area contributed by atoms with Crippen LogP contribution in [0.4, 0.5) is 0 Å². The number of allylic oxidation sites excluding steroid dienone is 1. The van der Waals surface area contributed by atoms with E-state index in [9.17, 15) is 9.90 Å². The lowest BCUT2D eigenvalue weighted by Gasteiger charge is -2.26. The van der Waals surface area contributed by atoms with Crippen LogP contribution in [0.25, 0.3) is 17.0 Å². The van der Waals surface area contributed by atoms with Crippen molar-refractivity contribution < 1.29 is 33.3 Å². The summed E-state index contributed by atoms with van der Waals surface area (Å²) in [5.74, 6) is 0.766. The highest BCUT2D eigenvalue weighted by atomic mass is 16.5. The number of phenolic OH excluding ortho intramolecular Hbond substituents is 1. The van der Waals surface area contributed by atoms with Crippen molar-refractivity contribution >= 4 is 22.8 Å². The van der Waals surface area contributed by atoms with Crippen LogP contribution in [0.5, 0.6) is 23.0 Å². The molecule has 0 radical (unpaired) electrons. The van der Waals surface area contributed by atoms with Gasteiger partial charge in [-0.15, -0.1) is 0 Å². The Kier molecular flexibility index (Phi) is 7.16. The number of hydrogen-bond acceptors (Lipinski definition) is 8. The number of ether oxygens (including phenoxy) is 4. The summed E-state index contributed by atoms with van der Waals surface area (Å²) >= 11 is 0. The maximum absolute atomic E-state index is 13.4. The van der Waals surface area contributed by atoms with Gasteiger partial charge < -0.3 is 28.5 Å². The summed E-state index contributed by atoms with van der Waals surface area (Å²) in [6.07, 6.45) is 4.57. The van der Waals surface area contributed by atoms with Gasteiger partial charge in [0.2, 0.25) is 5.75 Å². The fraction of sp³-hybridized carbons (Fsp3) is 0.320. The number of hydrogen-bond donors (Lipinski definition) is 1. The lowest BCUT2D eigenvalue weighted by molar-refractivity contribution is 0.0320. The summed E-state index contributed by atoms with van der Waals surface area (Å²) < 4.78 is 28.4. The van der Waals surface area contributed by atoms with E-state index in [0.717, 1.165) is 13.1 Å². The third-order valence-corrected chi connectivity index (χ3v) is 5.49. The first-order valence-electron chi connectivity index (χ1n) is 10.7. The molecule has 0 unspecified atom stereocenters. The summed E-state index contributed by atoms with van der Waals surface area (Å²) in [6, 6.07) is 8.37. The van der Waals surface area contributed by atoms with Gasteiger partial charge in [0.15, 0.2) is 17.1 Å². The van der Waals surface area contributed by atoms with Gasteiger partial charge in [-0.2, -0.15) is 0 Å². The summed E-state index contributed by atoms with van der Waals surface area (Å²) in [6.45, 7) is 4.08. The van der Waals surface area contributed by atoms with Gasteiger partial charge in [-0.05, 0) is 29.8 Å². The zero-order chi connectivity index (χ0) is 23.2. The molecule has 4 rings (SSSR count). The Hall–Kier alpha value is -3.49. The lowest BCUT2D eigenvalue weighted by Crippen LogP contribution is -2.38. The van der Waals surface area contributed by atoms with E-state index in [-0.39, 0.29) is 22.8 Å². The number of furan rings is 1. The van der Waals surface area contributed by atoms with E-state index in [0.29, 0.717) is 54.4 Å². The van der Waals surface area contributed by atoms with E-state index in [1.54, 1.807) is 36.4 Å². The predicted molar refractivity (Wildman–Crippen MR) is 124 cm³/mol. The first kappa shape index (κ1) is 22.7. The monoisotopic (exact) mass is 453 g/mol. The van der Waals surface area contributed by atoms with Crippen molar-refractivity contribution in [2.45, 2.75) is 0 Å². The smallest absolute Gasteiger partial charge is 0.205 e. The van der Waals surface area contributed by atoms with E-state index in [1.165, 1.54) is 26.6 Å².